The quantitative estimate of drug-likeness (QED) is 0.627. The molecule has 0 saturated carbocycles. The molecule has 0 amide bonds. The van der Waals surface area contributed by atoms with Crippen LogP contribution >= 0.6 is 0 Å². The van der Waals surface area contributed by atoms with Crippen LogP contribution in [0.2, 0.25) is 0 Å². The van der Waals surface area contributed by atoms with Gasteiger partial charge in [0.15, 0.2) is 0 Å². The van der Waals surface area contributed by atoms with Crippen LogP contribution in [0.4, 0.5) is 0 Å². The summed E-state index contributed by atoms with van der Waals surface area (Å²) in [6, 6.07) is 0. The van der Waals surface area contributed by atoms with Crippen LogP contribution in [0.3, 0.4) is 0 Å². The fraction of sp³-hybridized carbons (Fsp3) is 1.00. The Labute approximate surface area is 83.8 Å². The second-order valence-corrected chi connectivity index (χ2v) is 7.37. The lowest BCUT2D eigenvalue weighted by atomic mass is 10.2. The molecule has 1 aliphatic rings. The molecule has 1 aliphatic heterocycles. The van der Waals surface area contributed by atoms with Gasteiger partial charge in [0.1, 0.15) is 7.71 Å². The highest BCUT2D eigenvalue weighted by Crippen LogP contribution is 2.09. The smallest absolute Gasteiger partial charge is 0.137 e. The zero-order chi connectivity index (χ0) is 8.86. The molecule has 0 aromatic carbocycles. The van der Waals surface area contributed by atoms with Crippen molar-refractivity contribution in [2.24, 2.45) is 0 Å². The van der Waals surface area contributed by atoms with E-state index in [2.05, 4.69) is 0 Å². The minimum atomic E-state index is -2.02. The summed E-state index contributed by atoms with van der Waals surface area (Å²) in [4.78, 5) is 0. The van der Waals surface area contributed by atoms with Crippen molar-refractivity contribution < 1.29 is 8.37 Å². The van der Waals surface area contributed by atoms with Gasteiger partial charge in [0, 0.05) is 22.4 Å². The molecule has 1 saturated heterocycles. The Morgan fingerprint density at radius 1 is 0.750 bits per heavy atom. The summed E-state index contributed by atoms with van der Waals surface area (Å²) < 4.78 is 10.6. The van der Waals surface area contributed by atoms with Crippen LogP contribution < -0.4 is 0 Å². The van der Waals surface area contributed by atoms with Crippen LogP contribution in [0, 0.1) is 0 Å². The van der Waals surface area contributed by atoms with E-state index in [1.54, 1.807) is 0 Å². The van der Waals surface area contributed by atoms with Crippen molar-refractivity contribution in [3.63, 3.8) is 0 Å². The van der Waals surface area contributed by atoms with Crippen molar-refractivity contribution in [3.05, 3.63) is 0 Å². The Hall–Kier alpha value is 0.710. The zero-order valence-electron chi connectivity index (χ0n) is 6.99. The van der Waals surface area contributed by atoms with Gasteiger partial charge in [0.25, 0.3) is 0 Å². The second kappa shape index (κ2) is 5.44. The summed E-state index contributed by atoms with van der Waals surface area (Å²) in [6.45, 7) is 1.34. The number of hydrogen-bond acceptors (Lipinski definition) is 4. The molecule has 1 fully saturated rings. The third kappa shape index (κ3) is 4.67. The molecule has 0 aromatic heterocycles. The van der Waals surface area contributed by atoms with E-state index in [-0.39, 0.29) is 0 Å². The van der Waals surface area contributed by atoms with E-state index in [1.165, 1.54) is 19.3 Å². The normalized spacial score (nSPS) is 26.3. The summed E-state index contributed by atoms with van der Waals surface area (Å²) in [6.07, 6.45) is 5.83. The topological polar surface area (TPSA) is 18.5 Å². The largest absolute Gasteiger partial charge is 0.290 e. The van der Waals surface area contributed by atoms with E-state index >= 15 is 0 Å². The molecule has 12 heavy (non-hydrogen) atoms. The van der Waals surface area contributed by atoms with E-state index in [4.69, 9.17) is 30.7 Å². The Balaban J connectivity index is 2.38. The zero-order valence-corrected chi connectivity index (χ0v) is 9.44. The maximum atomic E-state index is 5.30. The third-order valence-electron chi connectivity index (χ3n) is 1.74. The molecule has 0 spiro atoms. The molecule has 0 aromatic rings. The lowest BCUT2D eigenvalue weighted by molar-refractivity contribution is 0.255. The van der Waals surface area contributed by atoms with Crippen LogP contribution in [0.5, 0.6) is 0 Å². The summed E-state index contributed by atoms with van der Waals surface area (Å²) in [7, 11) is -2.02. The number of rotatable bonds is 0. The summed E-state index contributed by atoms with van der Waals surface area (Å²) >= 11 is 10.00. The van der Waals surface area contributed by atoms with Gasteiger partial charge in [-0.15, -0.1) is 0 Å². The molecule has 0 aliphatic carbocycles. The van der Waals surface area contributed by atoms with Crippen molar-refractivity contribution in [2.45, 2.75) is 32.1 Å². The fourth-order valence-corrected chi connectivity index (χ4v) is 2.62. The van der Waals surface area contributed by atoms with Crippen molar-refractivity contribution >= 4 is 30.1 Å². The van der Waals surface area contributed by atoms with Gasteiger partial charge in [-0.05, 0) is 12.8 Å². The molecular weight excluding hydrogens is 212 g/mol. The second-order valence-electron chi connectivity index (χ2n) is 2.82. The monoisotopic (exact) mass is 226 g/mol. The van der Waals surface area contributed by atoms with Gasteiger partial charge in [-0.25, -0.2) is 0 Å². The molecular formula is C7H14O2S3. The highest BCUT2D eigenvalue weighted by Gasteiger charge is 2.04. The third-order valence-corrected chi connectivity index (χ3v) is 3.81. The number of hydrogen-bond donors (Lipinski definition) is 0. The summed E-state index contributed by atoms with van der Waals surface area (Å²) in [5.74, 6) is 0. The van der Waals surface area contributed by atoms with Gasteiger partial charge in [0.2, 0.25) is 0 Å². The average molecular weight is 226 g/mol. The van der Waals surface area contributed by atoms with Crippen LogP contribution in [0.1, 0.15) is 32.1 Å². The van der Waals surface area contributed by atoms with Crippen molar-refractivity contribution in [1.82, 2.24) is 0 Å². The van der Waals surface area contributed by atoms with Gasteiger partial charge in [-0.2, -0.15) is 0 Å². The maximum Gasteiger partial charge on any atom is 0.137 e. The molecule has 0 bridgehead atoms. The van der Waals surface area contributed by atoms with Crippen molar-refractivity contribution in [2.75, 3.05) is 13.2 Å². The molecule has 1 heterocycles. The van der Waals surface area contributed by atoms with Gasteiger partial charge in [0.05, 0.1) is 13.2 Å². The van der Waals surface area contributed by atoms with E-state index < -0.39 is 7.71 Å². The van der Waals surface area contributed by atoms with Crippen LogP contribution in [0.15, 0.2) is 0 Å². The van der Waals surface area contributed by atoms with Crippen molar-refractivity contribution in [1.29, 1.82) is 0 Å². The Kier molecular flexibility index (Phi) is 4.89. The predicted molar refractivity (Wildman–Crippen MR) is 57.1 cm³/mol. The molecule has 0 unspecified atom stereocenters. The lowest BCUT2D eigenvalue weighted by Crippen LogP contribution is -2.10. The van der Waals surface area contributed by atoms with E-state index in [0.717, 1.165) is 12.8 Å². The Bertz CT molecular complexity index is 195. The molecule has 1 rings (SSSR count). The SMILES string of the molecule is S=S1(=S)OCCCCCCCO1. The van der Waals surface area contributed by atoms with Crippen LogP contribution in [-0.4, -0.2) is 13.2 Å². The standard InChI is InChI=1S/C7H14O2S3/c10-12(11)8-6-4-2-1-3-5-7-9-12/h1-7H2. The van der Waals surface area contributed by atoms with Gasteiger partial charge in [-0.1, -0.05) is 19.3 Å². The van der Waals surface area contributed by atoms with Gasteiger partial charge >= 0.3 is 0 Å². The predicted octanol–water partition coefficient (Wildman–Crippen LogP) is 1.89. The van der Waals surface area contributed by atoms with Crippen LogP contribution in [0.25, 0.3) is 0 Å². The first-order valence-corrected chi connectivity index (χ1v) is 7.58. The molecule has 0 N–H and O–H groups in total. The fourth-order valence-electron chi connectivity index (χ4n) is 1.09. The minimum absolute atomic E-state index is 0.669. The minimum Gasteiger partial charge on any atom is -0.290 e. The summed E-state index contributed by atoms with van der Waals surface area (Å²) in [5.41, 5.74) is 0. The molecule has 5 heteroatoms. The van der Waals surface area contributed by atoms with E-state index in [9.17, 15) is 0 Å². The van der Waals surface area contributed by atoms with Crippen LogP contribution in [-0.2, 0) is 38.5 Å². The Morgan fingerprint density at radius 2 is 1.17 bits per heavy atom. The molecule has 2 nitrogen and oxygen atoms in total. The molecule has 0 radical (unpaired) electrons. The Morgan fingerprint density at radius 3 is 1.67 bits per heavy atom. The average Bonchev–Trinajstić information content (AvgIpc) is 2.02. The van der Waals surface area contributed by atoms with E-state index in [0.29, 0.717) is 13.2 Å². The van der Waals surface area contributed by atoms with Gasteiger partial charge in [-0.3, -0.25) is 8.37 Å². The molecule has 72 valence electrons. The lowest BCUT2D eigenvalue weighted by Gasteiger charge is -2.13. The highest BCUT2D eigenvalue weighted by atomic mass is 33.1. The molecule has 0 atom stereocenters. The summed E-state index contributed by atoms with van der Waals surface area (Å²) in [5, 5.41) is 0. The first kappa shape index (κ1) is 10.8. The first-order valence-electron chi connectivity index (χ1n) is 4.24. The van der Waals surface area contributed by atoms with E-state index in [1.807, 2.05) is 0 Å². The maximum absolute atomic E-state index is 5.30. The highest BCUT2D eigenvalue weighted by molar-refractivity contribution is 8.51. The van der Waals surface area contributed by atoms with Gasteiger partial charge < -0.3 is 0 Å². The first-order chi connectivity index (χ1) is 5.71. The van der Waals surface area contributed by atoms with Crippen molar-refractivity contribution in [3.8, 4) is 0 Å².